The number of hydrogen-bond donors (Lipinski definition) is 0. The van der Waals surface area contributed by atoms with Gasteiger partial charge < -0.3 is 4.84 Å². The number of hydroxylamine groups is 2. The van der Waals surface area contributed by atoms with Crippen molar-refractivity contribution in [2.24, 2.45) is 0 Å². The Balaban J connectivity index is 2.15. The molecule has 1 aromatic carbocycles. The van der Waals surface area contributed by atoms with Crippen LogP contribution in [0, 0.1) is 0 Å². The average molecular weight is 280 g/mol. The van der Waals surface area contributed by atoms with Crippen molar-refractivity contribution in [3.8, 4) is 5.75 Å². The summed E-state index contributed by atoms with van der Waals surface area (Å²) in [6, 6.07) is 3.10. The molecule has 0 bridgehead atoms. The van der Waals surface area contributed by atoms with Gasteiger partial charge in [-0.15, -0.1) is 5.06 Å². The summed E-state index contributed by atoms with van der Waals surface area (Å²) in [5.41, 5.74) is -0.751. The van der Waals surface area contributed by atoms with E-state index >= 15 is 0 Å². The summed E-state index contributed by atoms with van der Waals surface area (Å²) >= 11 is 5.85. The molecule has 0 atom stereocenters. The van der Waals surface area contributed by atoms with Crippen molar-refractivity contribution < 1.29 is 18.0 Å². The lowest BCUT2D eigenvalue weighted by Crippen LogP contribution is -2.33. The molecule has 100 valence electrons. The molecule has 0 N–H and O–H groups in total. The fourth-order valence-corrected chi connectivity index (χ4v) is 2.00. The lowest BCUT2D eigenvalue weighted by atomic mass is 10.2. The van der Waals surface area contributed by atoms with E-state index in [1.165, 1.54) is 6.07 Å². The van der Waals surface area contributed by atoms with Gasteiger partial charge in [0.05, 0.1) is 10.6 Å². The molecule has 1 fully saturated rings. The Bertz CT molecular complexity index is 416. The number of hydrogen-bond acceptors (Lipinski definition) is 2. The summed E-state index contributed by atoms with van der Waals surface area (Å²) in [5, 5.41) is 1.85. The zero-order valence-corrected chi connectivity index (χ0v) is 10.4. The van der Waals surface area contributed by atoms with E-state index in [0.717, 1.165) is 31.4 Å². The van der Waals surface area contributed by atoms with E-state index in [1.807, 2.05) is 0 Å². The van der Waals surface area contributed by atoms with Crippen LogP contribution in [0.15, 0.2) is 18.2 Å². The lowest BCUT2D eigenvalue weighted by molar-refractivity contribution is -0.138. The Morgan fingerprint density at radius 1 is 1.11 bits per heavy atom. The molecular formula is C12H13ClF3NO. The maximum atomic E-state index is 12.6. The first-order valence-electron chi connectivity index (χ1n) is 5.76. The first kappa shape index (κ1) is 13.5. The molecule has 0 radical (unpaired) electrons. The molecule has 1 aliphatic rings. The third-order valence-electron chi connectivity index (χ3n) is 2.80. The van der Waals surface area contributed by atoms with Crippen LogP contribution in [0.1, 0.15) is 24.8 Å². The van der Waals surface area contributed by atoms with Gasteiger partial charge in [-0.25, -0.2) is 0 Å². The largest absolute Gasteiger partial charge is 0.416 e. The van der Waals surface area contributed by atoms with Gasteiger partial charge in [-0.05, 0) is 31.0 Å². The van der Waals surface area contributed by atoms with Crippen molar-refractivity contribution in [3.63, 3.8) is 0 Å². The van der Waals surface area contributed by atoms with Gasteiger partial charge in [0.15, 0.2) is 5.75 Å². The average Bonchev–Trinajstić information content (AvgIpc) is 2.32. The van der Waals surface area contributed by atoms with E-state index in [9.17, 15) is 13.2 Å². The molecule has 18 heavy (non-hydrogen) atoms. The maximum absolute atomic E-state index is 12.6. The van der Waals surface area contributed by atoms with Gasteiger partial charge in [-0.3, -0.25) is 0 Å². The van der Waals surface area contributed by atoms with Crippen LogP contribution in [0.25, 0.3) is 0 Å². The second-order valence-electron chi connectivity index (χ2n) is 4.22. The number of nitrogens with zero attached hydrogens (tertiary/aromatic N) is 1. The summed E-state index contributed by atoms with van der Waals surface area (Å²) in [6.45, 7) is 1.43. The number of rotatable bonds is 2. The second-order valence-corrected chi connectivity index (χ2v) is 4.63. The number of benzene rings is 1. The van der Waals surface area contributed by atoms with Crippen LogP contribution in [-0.2, 0) is 6.18 Å². The van der Waals surface area contributed by atoms with Crippen LogP contribution in [0.4, 0.5) is 13.2 Å². The lowest BCUT2D eigenvalue weighted by Gasteiger charge is -2.26. The fourth-order valence-electron chi connectivity index (χ4n) is 1.84. The Labute approximate surface area is 108 Å². The van der Waals surface area contributed by atoms with Gasteiger partial charge in [0.2, 0.25) is 0 Å². The van der Waals surface area contributed by atoms with Crippen LogP contribution < -0.4 is 4.84 Å². The zero-order valence-electron chi connectivity index (χ0n) is 9.63. The van der Waals surface area contributed by atoms with Gasteiger partial charge >= 0.3 is 6.18 Å². The second kappa shape index (κ2) is 5.36. The van der Waals surface area contributed by atoms with Gasteiger partial charge in [-0.1, -0.05) is 18.0 Å². The van der Waals surface area contributed by atoms with Crippen molar-refractivity contribution in [2.75, 3.05) is 13.1 Å². The highest BCUT2D eigenvalue weighted by Crippen LogP contribution is 2.35. The Morgan fingerprint density at radius 3 is 2.39 bits per heavy atom. The summed E-state index contributed by atoms with van der Waals surface area (Å²) in [5.74, 6) is 0.0633. The Hall–Kier alpha value is -0.940. The molecule has 6 heteroatoms. The minimum atomic E-state index is -4.38. The van der Waals surface area contributed by atoms with Crippen LogP contribution in [0.5, 0.6) is 5.75 Å². The van der Waals surface area contributed by atoms with Crippen LogP contribution in [-0.4, -0.2) is 18.2 Å². The topological polar surface area (TPSA) is 12.5 Å². The predicted octanol–water partition coefficient (Wildman–Crippen LogP) is 4.14. The van der Waals surface area contributed by atoms with Gasteiger partial charge in [0.1, 0.15) is 0 Å². The van der Waals surface area contributed by atoms with Crippen LogP contribution in [0.3, 0.4) is 0 Å². The molecule has 0 saturated carbocycles. The minimum absolute atomic E-state index is 0.0633. The van der Waals surface area contributed by atoms with Crippen molar-refractivity contribution in [1.29, 1.82) is 0 Å². The smallest absolute Gasteiger partial charge is 0.404 e. The quantitative estimate of drug-likeness (QED) is 0.807. The molecule has 0 spiro atoms. The highest BCUT2D eigenvalue weighted by molar-refractivity contribution is 6.32. The monoisotopic (exact) mass is 279 g/mol. The van der Waals surface area contributed by atoms with Crippen molar-refractivity contribution in [1.82, 2.24) is 5.06 Å². The molecule has 2 rings (SSSR count). The molecular weight excluding hydrogens is 267 g/mol. The normalized spacial score (nSPS) is 17.8. The molecule has 1 aliphatic heterocycles. The summed E-state index contributed by atoms with van der Waals surface area (Å²) in [7, 11) is 0. The zero-order chi connectivity index (χ0) is 13.2. The summed E-state index contributed by atoms with van der Waals surface area (Å²) < 4.78 is 37.7. The highest BCUT2D eigenvalue weighted by Gasteiger charge is 2.31. The molecule has 1 aromatic rings. The maximum Gasteiger partial charge on any atom is 0.416 e. The Morgan fingerprint density at radius 2 is 1.78 bits per heavy atom. The SMILES string of the molecule is FC(F)(F)c1ccc(Cl)c(ON2CCCCC2)c1. The molecule has 1 saturated heterocycles. The standard InChI is InChI=1S/C12H13ClF3NO/c13-10-5-4-9(12(14,15)16)8-11(10)18-17-6-2-1-3-7-17/h4-5,8H,1-3,6-7H2. The third-order valence-corrected chi connectivity index (χ3v) is 3.11. The minimum Gasteiger partial charge on any atom is -0.404 e. The highest BCUT2D eigenvalue weighted by atomic mass is 35.5. The van der Waals surface area contributed by atoms with Crippen molar-refractivity contribution >= 4 is 11.6 Å². The van der Waals surface area contributed by atoms with Gasteiger partial charge in [0, 0.05) is 13.1 Å². The molecule has 0 amide bonds. The van der Waals surface area contributed by atoms with E-state index in [0.29, 0.717) is 13.1 Å². The molecule has 2 nitrogen and oxygen atoms in total. The summed E-state index contributed by atoms with van der Waals surface area (Å²) in [6.07, 6.45) is -1.30. The predicted molar refractivity (Wildman–Crippen MR) is 62.5 cm³/mol. The molecule has 1 heterocycles. The summed E-state index contributed by atoms with van der Waals surface area (Å²) in [4.78, 5) is 5.42. The number of piperidine rings is 1. The molecule has 0 aromatic heterocycles. The van der Waals surface area contributed by atoms with Crippen LogP contribution >= 0.6 is 11.6 Å². The van der Waals surface area contributed by atoms with E-state index in [4.69, 9.17) is 16.4 Å². The van der Waals surface area contributed by atoms with Crippen LogP contribution in [0.2, 0.25) is 5.02 Å². The molecule has 0 aliphatic carbocycles. The van der Waals surface area contributed by atoms with E-state index < -0.39 is 11.7 Å². The van der Waals surface area contributed by atoms with Gasteiger partial charge in [-0.2, -0.15) is 13.2 Å². The first-order valence-corrected chi connectivity index (χ1v) is 6.14. The third kappa shape index (κ3) is 3.29. The molecule has 0 unspecified atom stereocenters. The van der Waals surface area contributed by atoms with Crippen molar-refractivity contribution in [2.45, 2.75) is 25.4 Å². The Kier molecular flexibility index (Phi) is 4.02. The van der Waals surface area contributed by atoms with E-state index in [1.54, 1.807) is 5.06 Å². The van der Waals surface area contributed by atoms with Crippen molar-refractivity contribution in [3.05, 3.63) is 28.8 Å². The fraction of sp³-hybridized carbons (Fsp3) is 0.500. The number of halogens is 4. The van der Waals surface area contributed by atoms with E-state index in [2.05, 4.69) is 0 Å². The van der Waals surface area contributed by atoms with E-state index in [-0.39, 0.29) is 10.8 Å². The first-order chi connectivity index (χ1) is 8.47. The van der Waals surface area contributed by atoms with Gasteiger partial charge in [0.25, 0.3) is 0 Å². The number of alkyl halides is 3.